The Kier molecular flexibility index (Phi) is 2.11. The first-order valence-electron chi connectivity index (χ1n) is 4.44. The molecular weight excluding hydrogens is 184 g/mol. The highest BCUT2D eigenvalue weighted by Crippen LogP contribution is 2.30. The number of aryl methyl sites for hydroxylation is 1. The lowest BCUT2D eigenvalue weighted by atomic mass is 9.94. The van der Waals surface area contributed by atoms with Gasteiger partial charge in [-0.05, 0) is 18.6 Å². The van der Waals surface area contributed by atoms with Crippen LogP contribution in [0.15, 0.2) is 16.7 Å². The number of hydrogen-bond acceptors (Lipinski definition) is 4. The molecule has 0 radical (unpaired) electrons. The maximum Gasteiger partial charge on any atom is 0.314 e. The van der Waals surface area contributed by atoms with Crippen molar-refractivity contribution in [1.82, 2.24) is 0 Å². The van der Waals surface area contributed by atoms with Crippen molar-refractivity contribution >= 4 is 11.9 Å². The molecule has 2 heterocycles. The number of carbonyl (C=O) groups is 2. The maximum absolute atomic E-state index is 11.0. The molecule has 0 N–H and O–H groups in total. The predicted octanol–water partition coefficient (Wildman–Crippen LogP) is 1.54. The van der Waals surface area contributed by atoms with E-state index in [4.69, 9.17) is 4.42 Å². The first-order valence-corrected chi connectivity index (χ1v) is 4.44. The number of ether oxygens (including phenoxy) is 1. The van der Waals surface area contributed by atoms with Gasteiger partial charge in [0.15, 0.2) is 0 Å². The van der Waals surface area contributed by atoms with Gasteiger partial charge in [-0.15, -0.1) is 0 Å². The van der Waals surface area contributed by atoms with Gasteiger partial charge in [-0.1, -0.05) is 0 Å². The van der Waals surface area contributed by atoms with Crippen LogP contribution in [0.5, 0.6) is 0 Å². The fourth-order valence-electron chi connectivity index (χ4n) is 1.67. The Labute approximate surface area is 80.8 Å². The Morgan fingerprint density at radius 3 is 2.43 bits per heavy atom. The van der Waals surface area contributed by atoms with Crippen molar-refractivity contribution in [3.63, 3.8) is 0 Å². The van der Waals surface area contributed by atoms with E-state index in [9.17, 15) is 9.59 Å². The molecule has 74 valence electrons. The van der Waals surface area contributed by atoms with Gasteiger partial charge in [-0.3, -0.25) is 9.59 Å². The third kappa shape index (κ3) is 1.55. The highest BCUT2D eigenvalue weighted by atomic mass is 16.6. The predicted molar refractivity (Wildman–Crippen MR) is 46.5 cm³/mol. The van der Waals surface area contributed by atoms with Gasteiger partial charge in [0.2, 0.25) is 0 Å². The van der Waals surface area contributed by atoms with Gasteiger partial charge >= 0.3 is 11.9 Å². The van der Waals surface area contributed by atoms with Crippen molar-refractivity contribution in [1.29, 1.82) is 0 Å². The van der Waals surface area contributed by atoms with Gasteiger partial charge in [0.1, 0.15) is 5.76 Å². The highest BCUT2D eigenvalue weighted by Gasteiger charge is 2.30. The minimum absolute atomic E-state index is 0.154. The summed E-state index contributed by atoms with van der Waals surface area (Å²) < 4.78 is 9.68. The lowest BCUT2D eigenvalue weighted by molar-refractivity contribution is -0.164. The molecule has 0 amide bonds. The third-order valence-corrected chi connectivity index (χ3v) is 2.33. The summed E-state index contributed by atoms with van der Waals surface area (Å²) in [6.45, 7) is 1.89. The first kappa shape index (κ1) is 8.99. The van der Waals surface area contributed by atoms with E-state index >= 15 is 0 Å². The molecule has 4 heteroatoms. The SMILES string of the molecule is Cc1ccoc1C1CC(=O)OC(=O)C1. The number of cyclic esters (lactones) is 2. The second kappa shape index (κ2) is 3.29. The number of carbonyl (C=O) groups excluding carboxylic acids is 2. The van der Waals surface area contributed by atoms with Crippen LogP contribution in [-0.2, 0) is 14.3 Å². The molecular formula is C10H10O4. The second-order valence-corrected chi connectivity index (χ2v) is 3.42. The number of esters is 2. The smallest absolute Gasteiger partial charge is 0.314 e. The average Bonchev–Trinajstić information content (AvgIpc) is 2.49. The molecule has 0 unspecified atom stereocenters. The summed E-state index contributed by atoms with van der Waals surface area (Å²) in [5.41, 5.74) is 0.970. The molecule has 1 aliphatic heterocycles. The molecule has 1 saturated heterocycles. The van der Waals surface area contributed by atoms with Crippen molar-refractivity contribution in [2.24, 2.45) is 0 Å². The van der Waals surface area contributed by atoms with Crippen molar-refractivity contribution < 1.29 is 18.7 Å². The van der Waals surface area contributed by atoms with Crippen molar-refractivity contribution in [3.8, 4) is 0 Å². The third-order valence-electron chi connectivity index (χ3n) is 2.33. The number of hydrogen-bond donors (Lipinski definition) is 0. The topological polar surface area (TPSA) is 56.5 Å². The summed E-state index contributed by atoms with van der Waals surface area (Å²) in [7, 11) is 0. The normalized spacial score (nSPS) is 18.4. The number of furan rings is 1. The minimum Gasteiger partial charge on any atom is -0.469 e. The molecule has 1 aliphatic rings. The quantitative estimate of drug-likeness (QED) is 0.502. The van der Waals surface area contributed by atoms with E-state index < -0.39 is 11.9 Å². The molecule has 0 saturated carbocycles. The van der Waals surface area contributed by atoms with Crippen molar-refractivity contribution in [2.45, 2.75) is 25.7 Å². The highest BCUT2D eigenvalue weighted by molar-refractivity contribution is 5.89. The van der Waals surface area contributed by atoms with Crippen LogP contribution in [0.1, 0.15) is 30.1 Å². The Hall–Kier alpha value is -1.58. The Morgan fingerprint density at radius 1 is 1.29 bits per heavy atom. The zero-order valence-electron chi connectivity index (χ0n) is 7.78. The molecule has 0 aliphatic carbocycles. The largest absolute Gasteiger partial charge is 0.469 e. The summed E-state index contributed by atoms with van der Waals surface area (Å²) >= 11 is 0. The van der Waals surface area contributed by atoms with E-state index in [0.29, 0.717) is 0 Å². The fraction of sp³-hybridized carbons (Fsp3) is 0.400. The van der Waals surface area contributed by atoms with Crippen LogP contribution in [-0.4, -0.2) is 11.9 Å². The lowest BCUT2D eigenvalue weighted by Gasteiger charge is -2.18. The molecule has 0 bridgehead atoms. The van der Waals surface area contributed by atoms with E-state index in [2.05, 4.69) is 4.74 Å². The van der Waals surface area contributed by atoms with Gasteiger partial charge in [0.05, 0.1) is 19.1 Å². The summed E-state index contributed by atoms with van der Waals surface area (Å²) in [6.07, 6.45) is 2.01. The van der Waals surface area contributed by atoms with Gasteiger partial charge < -0.3 is 9.15 Å². The summed E-state index contributed by atoms with van der Waals surface area (Å²) in [5, 5.41) is 0. The monoisotopic (exact) mass is 194 g/mol. The van der Waals surface area contributed by atoms with Crippen LogP contribution >= 0.6 is 0 Å². The molecule has 4 nitrogen and oxygen atoms in total. The zero-order valence-corrected chi connectivity index (χ0v) is 7.78. The molecule has 1 aromatic rings. The molecule has 2 rings (SSSR count). The maximum atomic E-state index is 11.0. The van der Waals surface area contributed by atoms with E-state index in [0.717, 1.165) is 11.3 Å². The van der Waals surface area contributed by atoms with Gasteiger partial charge in [-0.25, -0.2) is 0 Å². The van der Waals surface area contributed by atoms with Crippen LogP contribution < -0.4 is 0 Å². The van der Waals surface area contributed by atoms with Crippen molar-refractivity contribution in [2.75, 3.05) is 0 Å². The van der Waals surface area contributed by atoms with Crippen LogP contribution in [0.3, 0.4) is 0 Å². The van der Waals surface area contributed by atoms with Crippen molar-refractivity contribution in [3.05, 3.63) is 23.7 Å². The second-order valence-electron chi connectivity index (χ2n) is 3.42. The minimum atomic E-state index is -0.470. The average molecular weight is 194 g/mol. The van der Waals surface area contributed by atoms with E-state index in [-0.39, 0.29) is 18.8 Å². The fourth-order valence-corrected chi connectivity index (χ4v) is 1.67. The van der Waals surface area contributed by atoms with Gasteiger partial charge in [0.25, 0.3) is 0 Å². The van der Waals surface area contributed by atoms with Crippen LogP contribution in [0.2, 0.25) is 0 Å². The zero-order chi connectivity index (χ0) is 10.1. The summed E-state index contributed by atoms with van der Waals surface area (Å²) in [4.78, 5) is 22.0. The molecule has 0 atom stereocenters. The van der Waals surface area contributed by atoms with E-state index in [1.54, 1.807) is 6.26 Å². The van der Waals surface area contributed by atoms with Crippen LogP contribution in [0, 0.1) is 6.92 Å². The Balaban J connectivity index is 2.23. The van der Waals surface area contributed by atoms with Crippen LogP contribution in [0.25, 0.3) is 0 Å². The molecule has 1 aromatic heterocycles. The molecule has 14 heavy (non-hydrogen) atoms. The molecule has 1 fully saturated rings. The summed E-state index contributed by atoms with van der Waals surface area (Å²) in [5.74, 6) is -0.377. The Bertz CT molecular complexity index is 361. The standard InChI is InChI=1S/C10H10O4/c1-6-2-3-13-10(6)7-4-8(11)14-9(12)5-7/h2-3,7H,4-5H2,1H3. The van der Waals surface area contributed by atoms with E-state index in [1.807, 2.05) is 13.0 Å². The first-order chi connectivity index (χ1) is 6.66. The summed E-state index contributed by atoms with van der Waals surface area (Å²) in [6, 6.07) is 1.82. The van der Waals surface area contributed by atoms with E-state index in [1.165, 1.54) is 0 Å². The molecule has 0 aromatic carbocycles. The lowest BCUT2D eigenvalue weighted by Crippen LogP contribution is -2.24. The van der Waals surface area contributed by atoms with Crippen LogP contribution in [0.4, 0.5) is 0 Å². The van der Waals surface area contributed by atoms with Gasteiger partial charge in [0, 0.05) is 5.92 Å². The number of rotatable bonds is 1. The Morgan fingerprint density at radius 2 is 1.93 bits per heavy atom. The molecule has 0 spiro atoms. The van der Waals surface area contributed by atoms with Gasteiger partial charge in [-0.2, -0.15) is 0 Å².